The Kier molecular flexibility index (Phi) is 4.98. The minimum atomic E-state index is -0.211. The molecule has 1 aliphatic carbocycles. The van der Waals surface area contributed by atoms with Gasteiger partial charge in [-0.1, -0.05) is 48.2 Å². The zero-order valence-corrected chi connectivity index (χ0v) is 13.0. The highest BCUT2D eigenvalue weighted by Crippen LogP contribution is 2.40. The van der Waals surface area contributed by atoms with E-state index in [1.807, 2.05) is 6.07 Å². The van der Waals surface area contributed by atoms with Crippen LogP contribution in [0.4, 0.5) is 4.39 Å². The van der Waals surface area contributed by atoms with Crippen molar-refractivity contribution in [3.63, 3.8) is 0 Å². The molecular weight excluding hydrogens is 307 g/mol. The van der Waals surface area contributed by atoms with Gasteiger partial charge in [-0.3, -0.25) is 11.3 Å². The maximum absolute atomic E-state index is 13.1. The molecule has 1 fully saturated rings. The number of nitrogens with two attached hydrogens (primary N) is 1. The van der Waals surface area contributed by atoms with Crippen LogP contribution >= 0.6 is 15.9 Å². The fraction of sp³-hybridized carbons (Fsp3) is 0.600. The first kappa shape index (κ1) is 14.9. The number of halogens is 2. The summed E-state index contributed by atoms with van der Waals surface area (Å²) >= 11 is 3.44. The van der Waals surface area contributed by atoms with E-state index in [9.17, 15) is 4.39 Å². The van der Waals surface area contributed by atoms with Crippen LogP contribution in [0.2, 0.25) is 0 Å². The third-order valence-corrected chi connectivity index (χ3v) is 5.22. The van der Waals surface area contributed by atoms with Gasteiger partial charge in [0.15, 0.2) is 0 Å². The van der Waals surface area contributed by atoms with Crippen molar-refractivity contribution in [2.45, 2.75) is 51.5 Å². The van der Waals surface area contributed by atoms with Crippen molar-refractivity contribution in [3.05, 3.63) is 34.1 Å². The Morgan fingerprint density at radius 1 is 1.37 bits per heavy atom. The van der Waals surface area contributed by atoms with Crippen molar-refractivity contribution >= 4 is 15.9 Å². The van der Waals surface area contributed by atoms with Gasteiger partial charge in [-0.25, -0.2) is 4.39 Å². The molecule has 0 heterocycles. The average molecular weight is 329 g/mol. The molecular formula is C15H22BrFN2. The van der Waals surface area contributed by atoms with Gasteiger partial charge in [-0.15, -0.1) is 0 Å². The van der Waals surface area contributed by atoms with E-state index in [1.54, 1.807) is 0 Å². The summed E-state index contributed by atoms with van der Waals surface area (Å²) < 4.78 is 14.0. The number of nitrogens with one attached hydrogen (secondary N) is 1. The lowest BCUT2D eigenvalue weighted by Crippen LogP contribution is -2.49. The molecule has 1 unspecified atom stereocenters. The third-order valence-electron chi connectivity index (χ3n) is 4.48. The SMILES string of the molecule is CC1(C(Cc2ccc(F)cc2Br)NN)CCCCC1. The Bertz CT molecular complexity index is 430. The number of hydrazine groups is 1. The molecule has 0 amide bonds. The predicted molar refractivity (Wildman–Crippen MR) is 80.1 cm³/mol. The first-order chi connectivity index (χ1) is 9.05. The molecule has 0 spiro atoms. The molecule has 1 aliphatic rings. The Balaban J connectivity index is 2.14. The predicted octanol–water partition coefficient (Wildman–Crippen LogP) is 3.93. The third kappa shape index (κ3) is 3.56. The Morgan fingerprint density at radius 3 is 2.63 bits per heavy atom. The zero-order valence-electron chi connectivity index (χ0n) is 11.4. The molecule has 19 heavy (non-hydrogen) atoms. The number of rotatable bonds is 4. The monoisotopic (exact) mass is 328 g/mol. The molecule has 1 aromatic rings. The van der Waals surface area contributed by atoms with Crippen molar-refractivity contribution in [1.82, 2.24) is 5.43 Å². The van der Waals surface area contributed by atoms with E-state index in [2.05, 4.69) is 28.3 Å². The maximum atomic E-state index is 13.1. The fourth-order valence-electron chi connectivity index (χ4n) is 3.12. The van der Waals surface area contributed by atoms with E-state index < -0.39 is 0 Å². The molecule has 3 N–H and O–H groups in total. The standard InChI is InChI=1S/C15H22BrFN2/c1-15(7-3-2-4-8-15)14(19-18)9-11-5-6-12(17)10-13(11)16/h5-6,10,14,19H,2-4,7-9,18H2,1H3. The van der Waals surface area contributed by atoms with E-state index in [-0.39, 0.29) is 17.3 Å². The first-order valence-corrected chi connectivity index (χ1v) is 7.74. The summed E-state index contributed by atoms with van der Waals surface area (Å²) in [5.74, 6) is 5.57. The highest BCUT2D eigenvalue weighted by molar-refractivity contribution is 9.10. The van der Waals surface area contributed by atoms with Crippen LogP contribution in [-0.4, -0.2) is 6.04 Å². The number of hydrogen-bond donors (Lipinski definition) is 2. The number of benzene rings is 1. The summed E-state index contributed by atoms with van der Waals surface area (Å²) in [4.78, 5) is 0. The van der Waals surface area contributed by atoms with Crippen LogP contribution < -0.4 is 11.3 Å². The number of hydrogen-bond acceptors (Lipinski definition) is 2. The highest BCUT2D eigenvalue weighted by atomic mass is 79.9. The second-order valence-corrected chi connectivity index (χ2v) is 6.73. The molecule has 0 aromatic heterocycles. The highest BCUT2D eigenvalue weighted by Gasteiger charge is 2.35. The van der Waals surface area contributed by atoms with Crippen molar-refractivity contribution < 1.29 is 4.39 Å². The lowest BCUT2D eigenvalue weighted by Gasteiger charge is -2.40. The van der Waals surface area contributed by atoms with Crippen LogP contribution in [0.3, 0.4) is 0 Å². The second kappa shape index (κ2) is 6.33. The Labute approximate surface area is 123 Å². The van der Waals surface area contributed by atoms with Crippen LogP contribution in [0.5, 0.6) is 0 Å². The molecule has 0 saturated heterocycles. The molecule has 0 aliphatic heterocycles. The molecule has 1 saturated carbocycles. The van der Waals surface area contributed by atoms with E-state index in [4.69, 9.17) is 5.84 Å². The van der Waals surface area contributed by atoms with Crippen LogP contribution in [0, 0.1) is 11.2 Å². The topological polar surface area (TPSA) is 38.0 Å². The van der Waals surface area contributed by atoms with Gasteiger partial charge in [0.1, 0.15) is 5.82 Å². The lowest BCUT2D eigenvalue weighted by atomic mass is 9.69. The summed E-state index contributed by atoms with van der Waals surface area (Å²) in [7, 11) is 0. The van der Waals surface area contributed by atoms with E-state index >= 15 is 0 Å². The Morgan fingerprint density at radius 2 is 2.05 bits per heavy atom. The van der Waals surface area contributed by atoms with Crippen LogP contribution in [-0.2, 0) is 6.42 Å². The zero-order chi connectivity index (χ0) is 13.9. The molecule has 2 rings (SSSR count). The first-order valence-electron chi connectivity index (χ1n) is 6.95. The molecule has 1 atom stereocenters. The van der Waals surface area contributed by atoms with E-state index in [0.29, 0.717) is 0 Å². The minimum Gasteiger partial charge on any atom is -0.271 e. The van der Waals surface area contributed by atoms with Gasteiger partial charge >= 0.3 is 0 Å². The maximum Gasteiger partial charge on any atom is 0.124 e. The molecule has 2 nitrogen and oxygen atoms in total. The summed E-state index contributed by atoms with van der Waals surface area (Å²) in [5, 5.41) is 0. The fourth-order valence-corrected chi connectivity index (χ4v) is 3.63. The molecule has 106 valence electrons. The van der Waals surface area contributed by atoms with E-state index in [1.165, 1.54) is 44.2 Å². The largest absolute Gasteiger partial charge is 0.271 e. The van der Waals surface area contributed by atoms with Crippen molar-refractivity contribution in [1.29, 1.82) is 0 Å². The van der Waals surface area contributed by atoms with Crippen molar-refractivity contribution in [2.75, 3.05) is 0 Å². The van der Waals surface area contributed by atoms with Gasteiger partial charge in [0.25, 0.3) is 0 Å². The summed E-state index contributed by atoms with van der Waals surface area (Å²) in [6.07, 6.45) is 7.13. The van der Waals surface area contributed by atoms with E-state index in [0.717, 1.165) is 16.5 Å². The van der Waals surface area contributed by atoms with Gasteiger partial charge in [0, 0.05) is 10.5 Å². The molecule has 1 aromatic carbocycles. The van der Waals surface area contributed by atoms with Gasteiger partial charge < -0.3 is 0 Å². The smallest absolute Gasteiger partial charge is 0.124 e. The van der Waals surface area contributed by atoms with Crippen molar-refractivity contribution in [3.8, 4) is 0 Å². The minimum absolute atomic E-state index is 0.211. The molecule has 0 bridgehead atoms. The van der Waals surface area contributed by atoms with Crippen LogP contribution in [0.1, 0.15) is 44.6 Å². The molecule has 4 heteroatoms. The van der Waals surface area contributed by atoms with Gasteiger partial charge in [0.2, 0.25) is 0 Å². The normalized spacial score (nSPS) is 20.2. The second-order valence-electron chi connectivity index (χ2n) is 5.87. The van der Waals surface area contributed by atoms with Gasteiger partial charge in [0.05, 0.1) is 0 Å². The van der Waals surface area contributed by atoms with Gasteiger partial charge in [-0.2, -0.15) is 0 Å². The quantitative estimate of drug-likeness (QED) is 0.649. The van der Waals surface area contributed by atoms with Gasteiger partial charge in [-0.05, 0) is 42.4 Å². The van der Waals surface area contributed by atoms with Crippen LogP contribution in [0.15, 0.2) is 22.7 Å². The summed E-state index contributed by atoms with van der Waals surface area (Å²) in [6.45, 7) is 2.31. The molecule has 0 radical (unpaired) electrons. The average Bonchev–Trinajstić information content (AvgIpc) is 2.38. The van der Waals surface area contributed by atoms with Crippen molar-refractivity contribution in [2.24, 2.45) is 11.3 Å². The van der Waals surface area contributed by atoms with Crippen LogP contribution in [0.25, 0.3) is 0 Å². The summed E-state index contributed by atoms with van der Waals surface area (Å²) in [6, 6.07) is 5.11. The lowest BCUT2D eigenvalue weighted by molar-refractivity contribution is 0.144. The Hall–Kier alpha value is -0.450. The summed E-state index contributed by atoms with van der Waals surface area (Å²) in [5.41, 5.74) is 4.33.